The number of ether oxygens (including phenoxy) is 4. The van der Waals surface area contributed by atoms with Crippen molar-refractivity contribution in [2.45, 2.75) is 57.2 Å². The van der Waals surface area contributed by atoms with Gasteiger partial charge in [-0.15, -0.1) is 13.2 Å². The minimum Gasteiger partial charge on any atom is -0.497 e. The Morgan fingerprint density at radius 2 is 2.04 bits per heavy atom. The summed E-state index contributed by atoms with van der Waals surface area (Å²) in [4.78, 5) is 0. The molecule has 2 rings (SSSR count). The zero-order valence-corrected chi connectivity index (χ0v) is 15.4. The Kier molecular flexibility index (Phi) is 8.19. The van der Waals surface area contributed by atoms with Crippen molar-refractivity contribution in [3.8, 4) is 5.75 Å². The van der Waals surface area contributed by atoms with E-state index in [4.69, 9.17) is 18.9 Å². The predicted molar refractivity (Wildman–Crippen MR) is 99.8 cm³/mol. The minimum absolute atomic E-state index is 0.00481. The van der Waals surface area contributed by atoms with Crippen molar-refractivity contribution >= 4 is 0 Å². The Bertz CT molecular complexity index is 525. The van der Waals surface area contributed by atoms with Crippen LogP contribution >= 0.6 is 0 Å². The third-order valence-electron chi connectivity index (χ3n) is 4.42. The monoisotopic (exact) mass is 346 g/mol. The van der Waals surface area contributed by atoms with Gasteiger partial charge in [0.25, 0.3) is 0 Å². The summed E-state index contributed by atoms with van der Waals surface area (Å²) in [7, 11) is 1.66. The molecule has 1 aromatic rings. The van der Waals surface area contributed by atoms with E-state index in [1.165, 1.54) is 0 Å². The molecule has 25 heavy (non-hydrogen) atoms. The Labute approximate surface area is 151 Å². The van der Waals surface area contributed by atoms with Gasteiger partial charge in [0.2, 0.25) is 0 Å². The van der Waals surface area contributed by atoms with E-state index in [1.54, 1.807) is 7.11 Å². The zero-order chi connectivity index (χ0) is 18.1. The van der Waals surface area contributed by atoms with Crippen LogP contribution in [0.3, 0.4) is 0 Å². The molecule has 1 heterocycles. The first kappa shape index (κ1) is 19.7. The quantitative estimate of drug-likeness (QED) is 0.450. The van der Waals surface area contributed by atoms with Crippen molar-refractivity contribution in [3.63, 3.8) is 0 Å². The molecule has 0 radical (unpaired) electrons. The van der Waals surface area contributed by atoms with Gasteiger partial charge in [0, 0.05) is 5.56 Å². The van der Waals surface area contributed by atoms with E-state index in [0.717, 1.165) is 37.0 Å². The first-order valence-corrected chi connectivity index (χ1v) is 9.01. The summed E-state index contributed by atoms with van der Waals surface area (Å²) in [5.41, 5.74) is 0.990. The molecule has 0 aromatic heterocycles. The molecule has 1 aliphatic heterocycles. The maximum atomic E-state index is 6.24. The van der Waals surface area contributed by atoms with Crippen LogP contribution in [-0.2, 0) is 14.2 Å². The average Bonchev–Trinajstić information content (AvgIpc) is 2.67. The molecule has 1 fully saturated rings. The van der Waals surface area contributed by atoms with Gasteiger partial charge < -0.3 is 18.9 Å². The molecule has 4 atom stereocenters. The molecular weight excluding hydrogens is 316 g/mol. The predicted octanol–water partition coefficient (Wildman–Crippen LogP) is 4.82. The summed E-state index contributed by atoms with van der Waals surface area (Å²) in [6.45, 7) is 10.2. The third-order valence-corrected chi connectivity index (χ3v) is 4.42. The van der Waals surface area contributed by atoms with Gasteiger partial charge in [-0.05, 0) is 37.8 Å². The maximum Gasteiger partial charge on any atom is 0.184 e. The molecule has 0 saturated carbocycles. The molecular formula is C21H30O4. The topological polar surface area (TPSA) is 36.9 Å². The molecule has 0 N–H and O–H groups in total. The van der Waals surface area contributed by atoms with E-state index >= 15 is 0 Å². The molecule has 1 aromatic carbocycles. The molecule has 0 aliphatic carbocycles. The number of rotatable bonds is 10. The van der Waals surface area contributed by atoms with Gasteiger partial charge in [0.05, 0.1) is 25.9 Å². The lowest BCUT2D eigenvalue weighted by molar-refractivity contribution is -0.271. The summed E-state index contributed by atoms with van der Waals surface area (Å²) in [5.74, 6) is 0.820. The van der Waals surface area contributed by atoms with Gasteiger partial charge in [-0.2, -0.15) is 0 Å². The van der Waals surface area contributed by atoms with Gasteiger partial charge in [-0.3, -0.25) is 0 Å². The van der Waals surface area contributed by atoms with Crippen molar-refractivity contribution in [1.82, 2.24) is 0 Å². The van der Waals surface area contributed by atoms with E-state index in [2.05, 4.69) is 20.1 Å². The van der Waals surface area contributed by atoms with Crippen LogP contribution in [0.4, 0.5) is 0 Å². The highest BCUT2D eigenvalue weighted by atomic mass is 16.7. The SMILES string of the molecule is C=CCCC[C@@H]1O[C@H](c2ccc(OC)cc2)OC[C@H]1O[C@@H](C=C)CC. The summed E-state index contributed by atoms with van der Waals surface area (Å²) in [6.07, 6.45) is 7.15. The minimum atomic E-state index is -0.372. The lowest BCUT2D eigenvalue weighted by Crippen LogP contribution is -2.43. The number of hydrogen-bond donors (Lipinski definition) is 0. The number of methoxy groups -OCH3 is 1. The van der Waals surface area contributed by atoms with Crippen LogP contribution in [-0.4, -0.2) is 32.0 Å². The second-order valence-electron chi connectivity index (χ2n) is 6.19. The van der Waals surface area contributed by atoms with Gasteiger partial charge in [-0.25, -0.2) is 0 Å². The lowest BCUT2D eigenvalue weighted by Gasteiger charge is -2.38. The van der Waals surface area contributed by atoms with Crippen molar-refractivity contribution < 1.29 is 18.9 Å². The standard InChI is InChI=1S/C21H30O4/c1-5-8-9-10-19-20(24-17(6-2)7-3)15-23-21(25-19)16-11-13-18(22-4)14-12-16/h5-6,11-14,17,19-21H,1-2,7-10,15H2,3-4H3/t17-,19-,20+,21+/m0/s1. The van der Waals surface area contributed by atoms with E-state index < -0.39 is 0 Å². The van der Waals surface area contributed by atoms with Crippen LogP contribution < -0.4 is 4.74 Å². The van der Waals surface area contributed by atoms with Crippen LogP contribution in [0, 0.1) is 0 Å². The maximum absolute atomic E-state index is 6.24. The molecule has 0 unspecified atom stereocenters. The number of benzene rings is 1. The highest BCUT2D eigenvalue weighted by molar-refractivity contribution is 5.28. The molecule has 4 nitrogen and oxygen atoms in total. The van der Waals surface area contributed by atoms with Crippen LogP contribution in [0.1, 0.15) is 44.5 Å². The van der Waals surface area contributed by atoms with Crippen LogP contribution in [0.2, 0.25) is 0 Å². The van der Waals surface area contributed by atoms with Gasteiger partial charge in [-0.1, -0.05) is 31.2 Å². The smallest absolute Gasteiger partial charge is 0.184 e. The average molecular weight is 346 g/mol. The molecule has 1 saturated heterocycles. The molecule has 138 valence electrons. The second kappa shape index (κ2) is 10.4. The van der Waals surface area contributed by atoms with Gasteiger partial charge in [0.15, 0.2) is 6.29 Å². The Morgan fingerprint density at radius 1 is 1.28 bits per heavy atom. The lowest BCUT2D eigenvalue weighted by atomic mass is 10.0. The van der Waals surface area contributed by atoms with Crippen molar-refractivity contribution in [1.29, 1.82) is 0 Å². The zero-order valence-electron chi connectivity index (χ0n) is 15.4. The first-order chi connectivity index (χ1) is 12.2. The number of allylic oxidation sites excluding steroid dienone is 1. The van der Waals surface area contributed by atoms with Gasteiger partial charge in [0.1, 0.15) is 11.9 Å². The summed E-state index contributed by atoms with van der Waals surface area (Å²) >= 11 is 0. The fourth-order valence-corrected chi connectivity index (χ4v) is 2.90. The molecule has 0 spiro atoms. The Hall–Kier alpha value is -1.62. The Balaban J connectivity index is 2.04. The fraction of sp³-hybridized carbons (Fsp3) is 0.524. The van der Waals surface area contributed by atoms with Crippen LogP contribution in [0.15, 0.2) is 49.6 Å². The number of hydrogen-bond acceptors (Lipinski definition) is 4. The van der Waals surface area contributed by atoms with Crippen LogP contribution in [0.5, 0.6) is 5.75 Å². The third kappa shape index (κ3) is 5.70. The van der Waals surface area contributed by atoms with Crippen molar-refractivity contribution in [2.75, 3.05) is 13.7 Å². The largest absolute Gasteiger partial charge is 0.497 e. The Morgan fingerprint density at radius 3 is 2.64 bits per heavy atom. The molecule has 0 bridgehead atoms. The first-order valence-electron chi connectivity index (χ1n) is 9.01. The van der Waals surface area contributed by atoms with E-state index in [-0.39, 0.29) is 24.6 Å². The highest BCUT2D eigenvalue weighted by Gasteiger charge is 2.34. The normalized spacial score (nSPS) is 24.5. The second-order valence-corrected chi connectivity index (χ2v) is 6.19. The summed E-state index contributed by atoms with van der Waals surface area (Å²) in [5, 5.41) is 0. The summed E-state index contributed by atoms with van der Waals surface area (Å²) < 4.78 is 23.5. The van der Waals surface area contributed by atoms with E-state index in [0.29, 0.717) is 6.61 Å². The highest BCUT2D eigenvalue weighted by Crippen LogP contribution is 2.31. The van der Waals surface area contributed by atoms with E-state index in [9.17, 15) is 0 Å². The molecule has 1 aliphatic rings. The fourth-order valence-electron chi connectivity index (χ4n) is 2.90. The van der Waals surface area contributed by atoms with E-state index in [1.807, 2.05) is 36.4 Å². The summed E-state index contributed by atoms with van der Waals surface area (Å²) in [6, 6.07) is 7.79. The van der Waals surface area contributed by atoms with Gasteiger partial charge >= 0.3 is 0 Å². The van der Waals surface area contributed by atoms with Crippen molar-refractivity contribution in [3.05, 3.63) is 55.1 Å². The number of unbranched alkanes of at least 4 members (excludes halogenated alkanes) is 1. The molecule has 4 heteroatoms. The molecule has 0 amide bonds. The van der Waals surface area contributed by atoms with Crippen LogP contribution in [0.25, 0.3) is 0 Å². The van der Waals surface area contributed by atoms with Crippen molar-refractivity contribution in [2.24, 2.45) is 0 Å².